The van der Waals surface area contributed by atoms with Gasteiger partial charge in [-0.15, -0.1) is 0 Å². The Bertz CT molecular complexity index is 231. The molecule has 0 saturated carbocycles. The van der Waals surface area contributed by atoms with Crippen molar-refractivity contribution in [2.75, 3.05) is 39.3 Å². The minimum atomic E-state index is 0.722. The standard InChI is InChI=1S/C16H32N2/c1-4-17-11-6-16(7-12-17)8-13-18(14-9-16)10-5-15(2)3/h15H,4-14H2,1-3H3. The van der Waals surface area contributed by atoms with E-state index in [2.05, 4.69) is 30.6 Å². The van der Waals surface area contributed by atoms with Crippen LogP contribution in [-0.4, -0.2) is 49.1 Å². The molecule has 2 heterocycles. The Morgan fingerprint density at radius 2 is 1.39 bits per heavy atom. The van der Waals surface area contributed by atoms with Crippen molar-refractivity contribution in [2.24, 2.45) is 11.3 Å². The predicted molar refractivity (Wildman–Crippen MR) is 78.9 cm³/mol. The van der Waals surface area contributed by atoms with Crippen molar-refractivity contribution in [3.8, 4) is 0 Å². The van der Waals surface area contributed by atoms with Crippen LogP contribution in [0.2, 0.25) is 0 Å². The van der Waals surface area contributed by atoms with Crippen molar-refractivity contribution in [3.63, 3.8) is 0 Å². The normalized spacial score (nSPS) is 26.0. The highest BCUT2D eigenvalue weighted by molar-refractivity contribution is 4.90. The van der Waals surface area contributed by atoms with E-state index in [0.29, 0.717) is 0 Å². The molecule has 0 amide bonds. The summed E-state index contributed by atoms with van der Waals surface area (Å²) in [5, 5.41) is 0. The van der Waals surface area contributed by atoms with Crippen LogP contribution in [-0.2, 0) is 0 Å². The lowest BCUT2D eigenvalue weighted by Gasteiger charge is -2.47. The van der Waals surface area contributed by atoms with Gasteiger partial charge in [0.1, 0.15) is 0 Å². The molecule has 0 radical (unpaired) electrons. The fourth-order valence-corrected chi connectivity index (χ4v) is 3.54. The fraction of sp³-hybridized carbons (Fsp3) is 1.00. The molecule has 0 N–H and O–H groups in total. The van der Waals surface area contributed by atoms with Crippen LogP contribution >= 0.6 is 0 Å². The Balaban J connectivity index is 1.73. The Morgan fingerprint density at radius 1 is 0.889 bits per heavy atom. The lowest BCUT2D eigenvalue weighted by atomic mass is 9.71. The molecule has 0 bridgehead atoms. The van der Waals surface area contributed by atoms with Crippen molar-refractivity contribution in [2.45, 2.75) is 52.9 Å². The van der Waals surface area contributed by atoms with Crippen LogP contribution in [0.4, 0.5) is 0 Å². The molecule has 0 aromatic carbocycles. The minimum absolute atomic E-state index is 0.722. The van der Waals surface area contributed by atoms with Gasteiger partial charge >= 0.3 is 0 Å². The van der Waals surface area contributed by atoms with E-state index in [-0.39, 0.29) is 0 Å². The van der Waals surface area contributed by atoms with Crippen molar-refractivity contribution in [1.29, 1.82) is 0 Å². The third-order valence-corrected chi connectivity index (χ3v) is 5.30. The molecule has 2 saturated heterocycles. The van der Waals surface area contributed by atoms with Crippen LogP contribution in [0, 0.1) is 11.3 Å². The van der Waals surface area contributed by atoms with E-state index in [4.69, 9.17) is 0 Å². The molecule has 2 nitrogen and oxygen atoms in total. The van der Waals surface area contributed by atoms with Gasteiger partial charge in [-0.05, 0) is 82.7 Å². The Kier molecular flexibility index (Phi) is 5.08. The summed E-state index contributed by atoms with van der Waals surface area (Å²) in [6, 6.07) is 0. The molecule has 1 spiro atoms. The summed E-state index contributed by atoms with van der Waals surface area (Å²) in [5.41, 5.74) is 0.722. The van der Waals surface area contributed by atoms with E-state index in [1.807, 2.05) is 0 Å². The van der Waals surface area contributed by atoms with E-state index in [0.717, 1.165) is 11.3 Å². The smallest absolute Gasteiger partial charge is 0.00134 e. The average Bonchev–Trinajstić information content (AvgIpc) is 2.39. The Morgan fingerprint density at radius 3 is 1.83 bits per heavy atom. The van der Waals surface area contributed by atoms with Crippen LogP contribution < -0.4 is 0 Å². The molecule has 18 heavy (non-hydrogen) atoms. The zero-order valence-electron chi connectivity index (χ0n) is 12.7. The second-order valence-electron chi connectivity index (χ2n) is 6.96. The van der Waals surface area contributed by atoms with E-state index < -0.39 is 0 Å². The number of nitrogens with zero attached hydrogens (tertiary/aromatic N) is 2. The SMILES string of the molecule is CCN1CCC2(CC1)CCN(CCC(C)C)CC2. The summed E-state index contributed by atoms with van der Waals surface area (Å²) in [5.74, 6) is 0.855. The molecule has 2 aliphatic heterocycles. The molecular formula is C16H32N2. The van der Waals surface area contributed by atoms with Gasteiger partial charge in [-0.1, -0.05) is 20.8 Å². The van der Waals surface area contributed by atoms with Crippen LogP contribution in [0.15, 0.2) is 0 Å². The quantitative estimate of drug-likeness (QED) is 0.758. The second-order valence-corrected chi connectivity index (χ2v) is 6.96. The zero-order valence-corrected chi connectivity index (χ0v) is 12.7. The first-order chi connectivity index (χ1) is 8.63. The van der Waals surface area contributed by atoms with Gasteiger partial charge in [0.15, 0.2) is 0 Å². The van der Waals surface area contributed by atoms with Crippen LogP contribution in [0.25, 0.3) is 0 Å². The summed E-state index contributed by atoms with van der Waals surface area (Å²) in [6.45, 7) is 15.0. The monoisotopic (exact) mass is 252 g/mol. The van der Waals surface area contributed by atoms with Crippen molar-refractivity contribution < 1.29 is 0 Å². The van der Waals surface area contributed by atoms with Crippen LogP contribution in [0.3, 0.4) is 0 Å². The van der Waals surface area contributed by atoms with Crippen molar-refractivity contribution >= 4 is 0 Å². The minimum Gasteiger partial charge on any atom is -0.304 e. The third kappa shape index (κ3) is 3.71. The molecule has 2 heteroatoms. The molecular weight excluding hydrogens is 220 g/mol. The molecule has 2 fully saturated rings. The summed E-state index contributed by atoms with van der Waals surface area (Å²) in [6.07, 6.45) is 7.21. The van der Waals surface area contributed by atoms with Gasteiger partial charge < -0.3 is 9.80 Å². The zero-order chi connectivity index (χ0) is 13.0. The molecule has 2 rings (SSSR count). The van der Waals surface area contributed by atoms with E-state index in [9.17, 15) is 0 Å². The van der Waals surface area contributed by atoms with Crippen molar-refractivity contribution in [1.82, 2.24) is 9.80 Å². The van der Waals surface area contributed by atoms with E-state index in [1.54, 1.807) is 0 Å². The largest absolute Gasteiger partial charge is 0.304 e. The number of likely N-dealkylation sites (tertiary alicyclic amines) is 2. The van der Waals surface area contributed by atoms with E-state index >= 15 is 0 Å². The number of hydrogen-bond donors (Lipinski definition) is 0. The lowest BCUT2D eigenvalue weighted by molar-refractivity contribution is 0.0353. The fourth-order valence-electron chi connectivity index (χ4n) is 3.54. The molecule has 0 aromatic heterocycles. The summed E-state index contributed by atoms with van der Waals surface area (Å²) < 4.78 is 0. The summed E-state index contributed by atoms with van der Waals surface area (Å²) in [7, 11) is 0. The van der Waals surface area contributed by atoms with Gasteiger partial charge in [0.25, 0.3) is 0 Å². The Hall–Kier alpha value is -0.0800. The predicted octanol–water partition coefficient (Wildman–Crippen LogP) is 3.23. The molecule has 0 aliphatic carbocycles. The van der Waals surface area contributed by atoms with E-state index in [1.165, 1.54) is 71.4 Å². The van der Waals surface area contributed by atoms with Gasteiger partial charge in [-0.25, -0.2) is 0 Å². The first-order valence-electron chi connectivity index (χ1n) is 8.08. The second kappa shape index (κ2) is 6.38. The molecule has 106 valence electrons. The Labute approximate surface area is 114 Å². The number of piperidine rings is 2. The lowest BCUT2D eigenvalue weighted by Crippen LogP contribution is -2.46. The van der Waals surface area contributed by atoms with Gasteiger partial charge in [0, 0.05) is 0 Å². The maximum Gasteiger partial charge on any atom is -0.00134 e. The maximum absolute atomic E-state index is 2.71. The van der Waals surface area contributed by atoms with Gasteiger partial charge in [0.2, 0.25) is 0 Å². The molecule has 0 atom stereocenters. The maximum atomic E-state index is 2.71. The van der Waals surface area contributed by atoms with Gasteiger partial charge in [-0.2, -0.15) is 0 Å². The summed E-state index contributed by atoms with van der Waals surface area (Å²) in [4.78, 5) is 5.33. The number of rotatable bonds is 4. The molecule has 2 aliphatic rings. The first kappa shape index (κ1) is 14.3. The van der Waals surface area contributed by atoms with Crippen LogP contribution in [0.1, 0.15) is 52.9 Å². The first-order valence-corrected chi connectivity index (χ1v) is 8.08. The average molecular weight is 252 g/mol. The molecule has 0 aromatic rings. The number of hydrogen-bond acceptors (Lipinski definition) is 2. The van der Waals surface area contributed by atoms with Crippen LogP contribution in [0.5, 0.6) is 0 Å². The highest BCUT2D eigenvalue weighted by Gasteiger charge is 2.36. The van der Waals surface area contributed by atoms with Gasteiger partial charge in [0.05, 0.1) is 0 Å². The highest BCUT2D eigenvalue weighted by Crippen LogP contribution is 2.41. The van der Waals surface area contributed by atoms with Crippen molar-refractivity contribution in [3.05, 3.63) is 0 Å². The van der Waals surface area contributed by atoms with Gasteiger partial charge in [-0.3, -0.25) is 0 Å². The third-order valence-electron chi connectivity index (χ3n) is 5.30. The topological polar surface area (TPSA) is 6.48 Å². The molecule has 0 unspecified atom stereocenters. The summed E-state index contributed by atoms with van der Waals surface area (Å²) >= 11 is 0. The highest BCUT2D eigenvalue weighted by atomic mass is 15.1.